The predicted molar refractivity (Wildman–Crippen MR) is 86.6 cm³/mol. The van der Waals surface area contributed by atoms with Gasteiger partial charge in [0.2, 0.25) is 0 Å². The second kappa shape index (κ2) is 8.15. The molecule has 5 nitrogen and oxygen atoms in total. The van der Waals surface area contributed by atoms with Crippen molar-refractivity contribution in [2.75, 3.05) is 7.11 Å². The van der Waals surface area contributed by atoms with Gasteiger partial charge in [-0.2, -0.15) is 13.2 Å². The molecule has 2 rings (SSSR count). The molecule has 1 aromatic carbocycles. The van der Waals surface area contributed by atoms with E-state index in [-0.39, 0.29) is 17.8 Å². The molecular formula is C18H16F4N2O3. The van der Waals surface area contributed by atoms with Crippen molar-refractivity contribution in [1.82, 2.24) is 9.88 Å². The summed E-state index contributed by atoms with van der Waals surface area (Å²) in [6, 6.07) is 6.69. The van der Waals surface area contributed by atoms with E-state index in [4.69, 9.17) is 0 Å². The van der Waals surface area contributed by atoms with Crippen LogP contribution in [0, 0.1) is 5.82 Å². The van der Waals surface area contributed by atoms with E-state index in [9.17, 15) is 27.2 Å². The van der Waals surface area contributed by atoms with Crippen molar-refractivity contribution >= 4 is 11.9 Å². The van der Waals surface area contributed by atoms with E-state index in [1.165, 1.54) is 25.1 Å². The Morgan fingerprint density at radius 2 is 1.85 bits per heavy atom. The van der Waals surface area contributed by atoms with Crippen LogP contribution >= 0.6 is 0 Å². The molecule has 0 bridgehead atoms. The number of methoxy groups -OCH3 is 1. The van der Waals surface area contributed by atoms with Crippen LogP contribution in [-0.2, 0) is 27.0 Å². The number of alkyl halides is 3. The lowest BCUT2D eigenvalue weighted by Crippen LogP contribution is -2.39. The van der Waals surface area contributed by atoms with Gasteiger partial charge in [-0.25, -0.2) is 9.18 Å². The first-order valence-corrected chi connectivity index (χ1v) is 7.80. The summed E-state index contributed by atoms with van der Waals surface area (Å²) in [4.78, 5) is 28.7. The molecule has 27 heavy (non-hydrogen) atoms. The monoisotopic (exact) mass is 384 g/mol. The first-order valence-electron chi connectivity index (χ1n) is 7.80. The van der Waals surface area contributed by atoms with E-state index in [2.05, 4.69) is 9.72 Å². The number of hydrogen-bond acceptors (Lipinski definition) is 4. The van der Waals surface area contributed by atoms with Gasteiger partial charge in [0.25, 0.3) is 0 Å². The topological polar surface area (TPSA) is 59.5 Å². The van der Waals surface area contributed by atoms with E-state index in [0.29, 0.717) is 6.20 Å². The number of rotatable bonds is 4. The Labute approximate surface area is 152 Å². The standard InChI is InChI=1S/C18H16F4N2O3/c1-11(14-5-3-4-6-15(14)19)24(16(25)17(26)27-2)10-13-8-7-12(9-23-13)18(20,21)22/h3-9,11H,10H2,1-2H3. The largest absolute Gasteiger partial charge is 0.462 e. The van der Waals surface area contributed by atoms with Gasteiger partial charge in [-0.1, -0.05) is 18.2 Å². The molecule has 0 aliphatic carbocycles. The van der Waals surface area contributed by atoms with E-state index in [1.54, 1.807) is 6.07 Å². The van der Waals surface area contributed by atoms with Crippen LogP contribution in [0.15, 0.2) is 42.6 Å². The molecule has 9 heteroatoms. The Bertz CT molecular complexity index is 822. The fourth-order valence-corrected chi connectivity index (χ4v) is 2.43. The molecule has 144 valence electrons. The van der Waals surface area contributed by atoms with E-state index in [1.807, 2.05) is 0 Å². The molecule has 0 spiro atoms. The summed E-state index contributed by atoms with van der Waals surface area (Å²) in [6.45, 7) is 1.19. The fraction of sp³-hybridized carbons (Fsp3) is 0.278. The molecular weight excluding hydrogens is 368 g/mol. The van der Waals surface area contributed by atoms with Crippen LogP contribution in [-0.4, -0.2) is 28.9 Å². The molecule has 2 aromatic rings. The van der Waals surface area contributed by atoms with Crippen LogP contribution in [0.2, 0.25) is 0 Å². The van der Waals surface area contributed by atoms with Gasteiger partial charge in [0, 0.05) is 11.8 Å². The fourth-order valence-electron chi connectivity index (χ4n) is 2.43. The summed E-state index contributed by atoms with van der Waals surface area (Å²) in [7, 11) is 1.02. The van der Waals surface area contributed by atoms with Crippen LogP contribution in [0.1, 0.15) is 29.8 Å². The molecule has 0 N–H and O–H groups in total. The Morgan fingerprint density at radius 1 is 1.19 bits per heavy atom. The predicted octanol–water partition coefficient (Wildman–Crippen LogP) is 3.50. The summed E-state index contributed by atoms with van der Waals surface area (Å²) in [5.41, 5.74) is -0.704. The summed E-state index contributed by atoms with van der Waals surface area (Å²) >= 11 is 0. The Hall–Kier alpha value is -2.97. The van der Waals surface area contributed by atoms with Crippen LogP contribution in [0.5, 0.6) is 0 Å². The molecule has 0 saturated heterocycles. The number of esters is 1. The lowest BCUT2D eigenvalue weighted by Gasteiger charge is -2.28. The minimum absolute atomic E-state index is 0.100. The molecule has 0 aliphatic rings. The average Bonchev–Trinajstić information content (AvgIpc) is 2.64. The number of halogens is 4. The highest BCUT2D eigenvalue weighted by Crippen LogP contribution is 2.29. The number of ether oxygens (including phenoxy) is 1. The minimum atomic E-state index is -4.55. The van der Waals surface area contributed by atoms with E-state index in [0.717, 1.165) is 24.1 Å². The van der Waals surface area contributed by atoms with Crippen molar-refractivity contribution in [1.29, 1.82) is 0 Å². The Balaban J connectivity index is 2.34. The third-order valence-corrected chi connectivity index (χ3v) is 3.93. The van der Waals surface area contributed by atoms with Gasteiger partial charge in [-0.3, -0.25) is 9.78 Å². The van der Waals surface area contributed by atoms with Crippen LogP contribution < -0.4 is 0 Å². The lowest BCUT2D eigenvalue weighted by atomic mass is 10.1. The van der Waals surface area contributed by atoms with E-state index < -0.39 is 35.5 Å². The molecule has 0 saturated carbocycles. The molecule has 1 aromatic heterocycles. The van der Waals surface area contributed by atoms with Crippen LogP contribution in [0.25, 0.3) is 0 Å². The maximum Gasteiger partial charge on any atom is 0.417 e. The third-order valence-electron chi connectivity index (χ3n) is 3.93. The zero-order chi connectivity index (χ0) is 20.2. The lowest BCUT2D eigenvalue weighted by molar-refractivity contribution is -0.159. The summed E-state index contributed by atoms with van der Waals surface area (Å²) in [6.07, 6.45) is -3.92. The molecule has 1 atom stereocenters. The number of pyridine rings is 1. The number of benzene rings is 1. The highest BCUT2D eigenvalue weighted by molar-refractivity contribution is 6.32. The molecule has 0 aliphatic heterocycles. The van der Waals surface area contributed by atoms with Crippen LogP contribution in [0.4, 0.5) is 17.6 Å². The molecule has 0 radical (unpaired) electrons. The van der Waals surface area contributed by atoms with Crippen molar-refractivity contribution in [3.63, 3.8) is 0 Å². The maximum absolute atomic E-state index is 14.1. The van der Waals surface area contributed by atoms with Crippen molar-refractivity contribution < 1.29 is 31.9 Å². The Morgan fingerprint density at radius 3 is 2.37 bits per heavy atom. The molecule has 1 amide bonds. The molecule has 1 heterocycles. The highest BCUT2D eigenvalue weighted by Gasteiger charge is 2.32. The quantitative estimate of drug-likeness (QED) is 0.460. The zero-order valence-corrected chi connectivity index (χ0v) is 14.5. The first-order chi connectivity index (χ1) is 12.6. The molecule has 0 fully saturated rings. The number of aromatic nitrogens is 1. The maximum atomic E-state index is 14.1. The van der Waals surface area contributed by atoms with Gasteiger partial charge in [-0.15, -0.1) is 0 Å². The van der Waals surface area contributed by atoms with Crippen molar-refractivity contribution in [3.05, 3.63) is 65.2 Å². The number of nitrogens with zero attached hydrogens (tertiary/aromatic N) is 2. The normalized spacial score (nSPS) is 12.4. The smallest absolute Gasteiger partial charge is 0.417 e. The highest BCUT2D eigenvalue weighted by atomic mass is 19.4. The van der Waals surface area contributed by atoms with Gasteiger partial charge < -0.3 is 9.64 Å². The SMILES string of the molecule is COC(=O)C(=O)N(Cc1ccc(C(F)(F)F)cn1)C(C)c1ccccc1F. The van der Waals surface area contributed by atoms with Crippen LogP contribution in [0.3, 0.4) is 0 Å². The van der Waals surface area contributed by atoms with Crippen molar-refractivity contribution in [2.45, 2.75) is 25.7 Å². The van der Waals surface area contributed by atoms with Gasteiger partial charge in [-0.05, 0) is 25.1 Å². The minimum Gasteiger partial charge on any atom is -0.462 e. The number of carbonyl (C=O) groups is 2. The number of hydrogen-bond donors (Lipinski definition) is 0. The zero-order valence-electron chi connectivity index (χ0n) is 14.5. The molecule has 1 unspecified atom stereocenters. The average molecular weight is 384 g/mol. The summed E-state index contributed by atoms with van der Waals surface area (Å²) < 4.78 is 56.4. The third kappa shape index (κ3) is 4.81. The Kier molecular flexibility index (Phi) is 6.14. The van der Waals surface area contributed by atoms with Gasteiger partial charge in [0.1, 0.15) is 5.82 Å². The second-order valence-corrected chi connectivity index (χ2v) is 5.66. The van der Waals surface area contributed by atoms with Gasteiger partial charge in [0.15, 0.2) is 0 Å². The summed E-state index contributed by atoms with van der Waals surface area (Å²) in [5.74, 6) is -2.83. The van der Waals surface area contributed by atoms with Gasteiger partial charge >= 0.3 is 18.1 Å². The first kappa shape index (κ1) is 20.3. The number of carbonyl (C=O) groups excluding carboxylic acids is 2. The van der Waals surface area contributed by atoms with Crippen molar-refractivity contribution in [3.8, 4) is 0 Å². The second-order valence-electron chi connectivity index (χ2n) is 5.66. The number of amides is 1. The van der Waals surface area contributed by atoms with E-state index >= 15 is 0 Å². The van der Waals surface area contributed by atoms with Crippen molar-refractivity contribution in [2.24, 2.45) is 0 Å². The summed E-state index contributed by atoms with van der Waals surface area (Å²) in [5, 5.41) is 0. The van der Waals surface area contributed by atoms with Gasteiger partial charge in [0.05, 0.1) is 31.0 Å².